The first-order chi connectivity index (χ1) is 11.6. The van der Waals surface area contributed by atoms with Crippen LogP contribution in [0.3, 0.4) is 0 Å². The maximum absolute atomic E-state index is 12.7. The van der Waals surface area contributed by atoms with Crippen LogP contribution in [0.5, 0.6) is 0 Å². The summed E-state index contributed by atoms with van der Waals surface area (Å²) >= 11 is 0. The predicted octanol–water partition coefficient (Wildman–Crippen LogP) is 1.94. The summed E-state index contributed by atoms with van der Waals surface area (Å²) in [6.07, 6.45) is 2.36. The summed E-state index contributed by atoms with van der Waals surface area (Å²) in [5.41, 5.74) is 1.91. The van der Waals surface area contributed by atoms with E-state index in [2.05, 4.69) is 4.90 Å². The third-order valence-electron chi connectivity index (χ3n) is 5.15. The van der Waals surface area contributed by atoms with Crippen LogP contribution in [0.25, 0.3) is 0 Å². The van der Waals surface area contributed by atoms with E-state index >= 15 is 0 Å². The molecule has 0 unspecified atom stereocenters. The highest BCUT2D eigenvalue weighted by atomic mass is 16.5. The molecule has 2 aliphatic heterocycles. The molecule has 0 N–H and O–H groups in total. The van der Waals surface area contributed by atoms with Crippen LogP contribution >= 0.6 is 0 Å². The second-order valence-electron chi connectivity index (χ2n) is 7.09. The standard InChI is InChI=1S/C19H29N3O2/c1-20(2)18-5-3-17(4-6-18)19(23)22-11-9-21(10-12-22)15-16-7-13-24-14-8-16/h3-6,16H,7-15H2,1-2H3. The molecule has 2 saturated heterocycles. The van der Waals surface area contributed by atoms with Gasteiger partial charge >= 0.3 is 0 Å². The van der Waals surface area contributed by atoms with Crippen molar-refractivity contribution in [3.05, 3.63) is 29.8 Å². The van der Waals surface area contributed by atoms with Gasteiger partial charge in [-0.2, -0.15) is 0 Å². The quantitative estimate of drug-likeness (QED) is 0.845. The van der Waals surface area contributed by atoms with Crippen LogP contribution in [0.1, 0.15) is 23.2 Å². The second-order valence-corrected chi connectivity index (χ2v) is 7.09. The molecule has 132 valence electrons. The number of hydrogen-bond donors (Lipinski definition) is 0. The van der Waals surface area contributed by atoms with Crippen molar-refractivity contribution in [2.45, 2.75) is 12.8 Å². The average Bonchev–Trinajstić information content (AvgIpc) is 2.63. The molecule has 0 bridgehead atoms. The van der Waals surface area contributed by atoms with Gasteiger partial charge in [-0.15, -0.1) is 0 Å². The van der Waals surface area contributed by atoms with E-state index < -0.39 is 0 Å². The summed E-state index contributed by atoms with van der Waals surface area (Å²) in [5.74, 6) is 0.922. The zero-order valence-corrected chi connectivity index (χ0v) is 14.9. The number of benzene rings is 1. The highest BCUT2D eigenvalue weighted by molar-refractivity contribution is 5.94. The second kappa shape index (κ2) is 7.99. The Hall–Kier alpha value is -1.59. The maximum atomic E-state index is 12.7. The van der Waals surface area contributed by atoms with Gasteiger partial charge in [0, 0.05) is 71.3 Å². The molecule has 2 heterocycles. The molecule has 1 aromatic rings. The van der Waals surface area contributed by atoms with E-state index in [1.165, 1.54) is 12.8 Å². The zero-order valence-electron chi connectivity index (χ0n) is 14.9. The number of carbonyl (C=O) groups is 1. The Labute approximate surface area is 145 Å². The van der Waals surface area contributed by atoms with Crippen molar-refractivity contribution in [3.8, 4) is 0 Å². The number of nitrogens with zero attached hydrogens (tertiary/aromatic N) is 3. The molecule has 0 atom stereocenters. The van der Waals surface area contributed by atoms with Crippen LogP contribution in [0, 0.1) is 5.92 Å². The third-order valence-corrected chi connectivity index (χ3v) is 5.15. The molecule has 1 aromatic carbocycles. The number of rotatable bonds is 4. The van der Waals surface area contributed by atoms with Crippen LogP contribution in [0.2, 0.25) is 0 Å². The molecule has 0 radical (unpaired) electrons. The summed E-state index contributed by atoms with van der Waals surface area (Å²) in [4.78, 5) is 19.2. The molecule has 2 aliphatic rings. The van der Waals surface area contributed by atoms with E-state index in [9.17, 15) is 4.79 Å². The van der Waals surface area contributed by atoms with Crippen molar-refractivity contribution in [1.29, 1.82) is 0 Å². The molecule has 5 nitrogen and oxygen atoms in total. The summed E-state index contributed by atoms with van der Waals surface area (Å²) in [6, 6.07) is 7.89. The van der Waals surface area contributed by atoms with Crippen molar-refractivity contribution < 1.29 is 9.53 Å². The Balaban J connectivity index is 1.49. The van der Waals surface area contributed by atoms with Gasteiger partial charge in [0.1, 0.15) is 0 Å². The van der Waals surface area contributed by atoms with Crippen molar-refractivity contribution in [3.63, 3.8) is 0 Å². The van der Waals surface area contributed by atoms with Crippen LogP contribution < -0.4 is 4.90 Å². The molecule has 0 saturated carbocycles. The summed E-state index contributed by atoms with van der Waals surface area (Å²) in [5, 5.41) is 0. The van der Waals surface area contributed by atoms with E-state index in [0.29, 0.717) is 0 Å². The molecule has 5 heteroatoms. The molecule has 0 aliphatic carbocycles. The molecular weight excluding hydrogens is 302 g/mol. The molecule has 0 aromatic heterocycles. The lowest BCUT2D eigenvalue weighted by Gasteiger charge is -2.37. The van der Waals surface area contributed by atoms with Crippen molar-refractivity contribution in [1.82, 2.24) is 9.80 Å². The van der Waals surface area contributed by atoms with E-state index in [1.807, 2.05) is 48.2 Å². The monoisotopic (exact) mass is 331 g/mol. The summed E-state index contributed by atoms with van der Waals surface area (Å²) in [6.45, 7) is 6.60. The van der Waals surface area contributed by atoms with Crippen molar-refractivity contribution in [2.75, 3.05) is 64.9 Å². The molecule has 1 amide bonds. The highest BCUT2D eigenvalue weighted by Crippen LogP contribution is 2.18. The van der Waals surface area contributed by atoms with E-state index in [0.717, 1.165) is 63.1 Å². The Morgan fingerprint density at radius 1 is 1.08 bits per heavy atom. The van der Waals surface area contributed by atoms with Crippen molar-refractivity contribution in [2.24, 2.45) is 5.92 Å². The smallest absolute Gasteiger partial charge is 0.253 e. The van der Waals surface area contributed by atoms with Gasteiger partial charge in [0.2, 0.25) is 0 Å². The highest BCUT2D eigenvalue weighted by Gasteiger charge is 2.24. The van der Waals surface area contributed by atoms with Gasteiger partial charge in [0.25, 0.3) is 5.91 Å². The van der Waals surface area contributed by atoms with Crippen LogP contribution in [0.4, 0.5) is 5.69 Å². The van der Waals surface area contributed by atoms with Crippen LogP contribution in [0.15, 0.2) is 24.3 Å². The first kappa shape index (κ1) is 17.2. The number of anilines is 1. The summed E-state index contributed by atoms with van der Waals surface area (Å²) < 4.78 is 5.44. The average molecular weight is 331 g/mol. The Morgan fingerprint density at radius 2 is 1.71 bits per heavy atom. The summed E-state index contributed by atoms with van der Waals surface area (Å²) in [7, 11) is 4.02. The molecule has 0 spiro atoms. The van der Waals surface area contributed by atoms with E-state index in [-0.39, 0.29) is 5.91 Å². The zero-order chi connectivity index (χ0) is 16.9. The Bertz CT molecular complexity index is 530. The first-order valence-electron chi connectivity index (χ1n) is 9.00. The van der Waals surface area contributed by atoms with Gasteiger partial charge in [0.15, 0.2) is 0 Å². The SMILES string of the molecule is CN(C)c1ccc(C(=O)N2CCN(CC3CCOCC3)CC2)cc1. The maximum Gasteiger partial charge on any atom is 0.253 e. The third kappa shape index (κ3) is 4.28. The van der Waals surface area contributed by atoms with Gasteiger partial charge in [-0.1, -0.05) is 0 Å². The van der Waals surface area contributed by atoms with Crippen molar-refractivity contribution >= 4 is 11.6 Å². The Kier molecular flexibility index (Phi) is 5.74. The van der Waals surface area contributed by atoms with Crippen LogP contribution in [-0.2, 0) is 4.74 Å². The van der Waals surface area contributed by atoms with E-state index in [1.54, 1.807) is 0 Å². The van der Waals surface area contributed by atoms with E-state index in [4.69, 9.17) is 4.74 Å². The normalized spacial score (nSPS) is 20.2. The lowest BCUT2D eigenvalue weighted by Crippen LogP contribution is -2.50. The van der Waals surface area contributed by atoms with Crippen LogP contribution in [-0.4, -0.2) is 75.7 Å². The van der Waals surface area contributed by atoms with Gasteiger partial charge in [0.05, 0.1) is 0 Å². The van der Waals surface area contributed by atoms with Gasteiger partial charge in [-0.05, 0) is 43.0 Å². The minimum Gasteiger partial charge on any atom is -0.381 e. The fourth-order valence-corrected chi connectivity index (χ4v) is 3.51. The van der Waals surface area contributed by atoms with Gasteiger partial charge in [-0.3, -0.25) is 9.69 Å². The predicted molar refractivity (Wildman–Crippen MR) is 96.7 cm³/mol. The van der Waals surface area contributed by atoms with Gasteiger partial charge < -0.3 is 14.5 Å². The fourth-order valence-electron chi connectivity index (χ4n) is 3.51. The minimum atomic E-state index is 0.158. The molecule has 3 rings (SSSR count). The first-order valence-corrected chi connectivity index (χ1v) is 9.00. The number of carbonyl (C=O) groups excluding carboxylic acids is 1. The number of hydrogen-bond acceptors (Lipinski definition) is 4. The lowest BCUT2D eigenvalue weighted by atomic mass is 9.99. The molecule has 2 fully saturated rings. The largest absolute Gasteiger partial charge is 0.381 e. The molecule has 24 heavy (non-hydrogen) atoms. The minimum absolute atomic E-state index is 0.158. The molecular formula is C19H29N3O2. The number of amides is 1. The van der Waals surface area contributed by atoms with Gasteiger partial charge in [-0.25, -0.2) is 0 Å². The lowest BCUT2D eigenvalue weighted by molar-refractivity contribution is 0.0393. The topological polar surface area (TPSA) is 36.0 Å². The number of piperazine rings is 1. The Morgan fingerprint density at radius 3 is 2.29 bits per heavy atom. The number of ether oxygens (including phenoxy) is 1. The fraction of sp³-hybridized carbons (Fsp3) is 0.632.